The van der Waals surface area contributed by atoms with E-state index in [4.69, 9.17) is 4.74 Å². The van der Waals surface area contributed by atoms with E-state index in [2.05, 4.69) is 10.3 Å². The molecule has 3 rings (SSSR count). The summed E-state index contributed by atoms with van der Waals surface area (Å²) in [5.74, 6) is 0.304. The van der Waals surface area contributed by atoms with Crippen molar-refractivity contribution in [2.45, 2.75) is 17.7 Å². The van der Waals surface area contributed by atoms with Gasteiger partial charge in [0.1, 0.15) is 5.75 Å². The van der Waals surface area contributed by atoms with Crippen molar-refractivity contribution in [2.75, 3.05) is 19.4 Å². The second-order valence-electron chi connectivity index (χ2n) is 6.21. The highest BCUT2D eigenvalue weighted by molar-refractivity contribution is 7.91. The number of hydrogen-bond acceptors (Lipinski definition) is 4. The number of amides is 1. The van der Waals surface area contributed by atoms with Crippen LogP contribution in [0.5, 0.6) is 5.75 Å². The molecule has 0 spiro atoms. The molecule has 27 heavy (non-hydrogen) atoms. The lowest BCUT2D eigenvalue weighted by Crippen LogP contribution is -2.27. The minimum Gasteiger partial charge on any atom is -0.497 e. The van der Waals surface area contributed by atoms with Crippen LogP contribution in [0.3, 0.4) is 0 Å². The molecule has 1 amide bonds. The van der Waals surface area contributed by atoms with Gasteiger partial charge in [0.15, 0.2) is 9.84 Å². The van der Waals surface area contributed by atoms with Crippen molar-refractivity contribution in [3.8, 4) is 5.75 Å². The van der Waals surface area contributed by atoms with Crippen LogP contribution in [0.2, 0.25) is 0 Å². The number of sulfone groups is 1. The second kappa shape index (κ2) is 8.26. The summed E-state index contributed by atoms with van der Waals surface area (Å²) in [4.78, 5) is 15.4. The smallest absolute Gasteiger partial charge is 0.221 e. The van der Waals surface area contributed by atoms with Gasteiger partial charge in [-0.2, -0.15) is 0 Å². The third-order valence-corrected chi connectivity index (χ3v) is 6.12. The number of rotatable bonds is 8. The molecule has 6 nitrogen and oxygen atoms in total. The summed E-state index contributed by atoms with van der Waals surface area (Å²) >= 11 is 0. The fourth-order valence-electron chi connectivity index (χ4n) is 2.89. The molecule has 0 atom stereocenters. The molecule has 0 unspecified atom stereocenters. The first kappa shape index (κ1) is 19.0. The van der Waals surface area contributed by atoms with Gasteiger partial charge in [0, 0.05) is 30.1 Å². The molecule has 0 fully saturated rings. The van der Waals surface area contributed by atoms with Gasteiger partial charge in [-0.1, -0.05) is 18.2 Å². The van der Waals surface area contributed by atoms with Gasteiger partial charge in [-0.25, -0.2) is 8.42 Å². The normalized spacial score (nSPS) is 11.4. The molecule has 142 valence electrons. The van der Waals surface area contributed by atoms with Crippen LogP contribution < -0.4 is 10.1 Å². The molecule has 0 aliphatic rings. The number of H-pyrrole nitrogens is 1. The predicted octanol–water partition coefficient (Wildman–Crippen LogP) is 2.70. The van der Waals surface area contributed by atoms with E-state index in [1.807, 2.05) is 24.4 Å². The summed E-state index contributed by atoms with van der Waals surface area (Å²) < 4.78 is 29.7. The van der Waals surface area contributed by atoms with E-state index >= 15 is 0 Å². The third kappa shape index (κ3) is 4.68. The molecule has 0 aliphatic carbocycles. The van der Waals surface area contributed by atoms with E-state index in [0.717, 1.165) is 22.2 Å². The largest absolute Gasteiger partial charge is 0.497 e. The third-order valence-electron chi connectivity index (χ3n) is 4.39. The molecule has 0 radical (unpaired) electrons. The maximum absolute atomic E-state index is 12.2. The van der Waals surface area contributed by atoms with Crippen LogP contribution in [-0.4, -0.2) is 38.7 Å². The highest BCUT2D eigenvalue weighted by Gasteiger charge is 2.16. The first-order valence-electron chi connectivity index (χ1n) is 8.68. The van der Waals surface area contributed by atoms with Crippen molar-refractivity contribution in [3.63, 3.8) is 0 Å². The van der Waals surface area contributed by atoms with Gasteiger partial charge in [-0.3, -0.25) is 4.79 Å². The average Bonchev–Trinajstić information content (AvgIpc) is 3.09. The molecule has 0 aliphatic heterocycles. The quantitative estimate of drug-likeness (QED) is 0.623. The topological polar surface area (TPSA) is 88.3 Å². The monoisotopic (exact) mass is 386 g/mol. The van der Waals surface area contributed by atoms with E-state index in [9.17, 15) is 13.2 Å². The van der Waals surface area contributed by atoms with Crippen LogP contribution in [0.4, 0.5) is 0 Å². The molecule has 2 N–H and O–H groups in total. The van der Waals surface area contributed by atoms with Crippen molar-refractivity contribution in [1.29, 1.82) is 0 Å². The molecule has 1 aromatic heterocycles. The zero-order valence-electron chi connectivity index (χ0n) is 15.1. The van der Waals surface area contributed by atoms with Gasteiger partial charge in [-0.15, -0.1) is 0 Å². The highest BCUT2D eigenvalue weighted by Crippen LogP contribution is 2.23. The standard InChI is InChI=1S/C20H22N2O4S/c1-26-16-7-8-19-18(13-16)15(14-22-19)9-11-21-20(23)10-12-27(24,25)17-5-3-2-4-6-17/h2-8,13-14,22H,9-12H2,1H3,(H,21,23). The number of carbonyl (C=O) groups is 1. The molecule has 0 saturated carbocycles. The minimum atomic E-state index is -3.44. The Hall–Kier alpha value is -2.80. The zero-order chi connectivity index (χ0) is 19.3. The lowest BCUT2D eigenvalue weighted by atomic mass is 10.1. The van der Waals surface area contributed by atoms with E-state index < -0.39 is 9.84 Å². The fourth-order valence-corrected chi connectivity index (χ4v) is 4.15. The van der Waals surface area contributed by atoms with Gasteiger partial charge < -0.3 is 15.0 Å². The number of methoxy groups -OCH3 is 1. The van der Waals surface area contributed by atoms with Crippen LogP contribution in [-0.2, 0) is 21.1 Å². The average molecular weight is 386 g/mol. The van der Waals surface area contributed by atoms with Crippen molar-refractivity contribution in [1.82, 2.24) is 10.3 Å². The van der Waals surface area contributed by atoms with E-state index in [0.29, 0.717) is 13.0 Å². The summed E-state index contributed by atoms with van der Waals surface area (Å²) in [5.41, 5.74) is 2.08. The number of nitrogens with one attached hydrogen (secondary N) is 2. The summed E-state index contributed by atoms with van der Waals surface area (Å²) in [5, 5.41) is 3.84. The number of aromatic nitrogens is 1. The minimum absolute atomic E-state index is 0.0566. The summed E-state index contributed by atoms with van der Waals surface area (Å²) in [6.45, 7) is 0.439. The lowest BCUT2D eigenvalue weighted by molar-refractivity contribution is -0.120. The number of fused-ring (bicyclic) bond motifs is 1. The number of carbonyl (C=O) groups excluding carboxylic acids is 1. The van der Waals surface area contributed by atoms with Gasteiger partial charge in [0.25, 0.3) is 0 Å². The molecule has 3 aromatic rings. The Balaban J connectivity index is 1.51. The van der Waals surface area contributed by atoms with Crippen LogP contribution in [0.1, 0.15) is 12.0 Å². The Labute approximate surface area is 158 Å². The van der Waals surface area contributed by atoms with Crippen LogP contribution >= 0.6 is 0 Å². The first-order chi connectivity index (χ1) is 13.0. The Kier molecular flexibility index (Phi) is 5.81. The molecular formula is C20H22N2O4S. The predicted molar refractivity (Wildman–Crippen MR) is 105 cm³/mol. The van der Waals surface area contributed by atoms with Crippen molar-refractivity contribution in [3.05, 3.63) is 60.3 Å². The van der Waals surface area contributed by atoms with Gasteiger partial charge in [0.05, 0.1) is 17.8 Å². The van der Waals surface area contributed by atoms with Crippen LogP contribution in [0, 0.1) is 0 Å². The van der Waals surface area contributed by atoms with Crippen LogP contribution in [0.15, 0.2) is 59.6 Å². The van der Waals surface area contributed by atoms with Gasteiger partial charge >= 0.3 is 0 Å². The van der Waals surface area contributed by atoms with E-state index in [1.165, 1.54) is 0 Å². The molecule has 0 saturated heterocycles. The zero-order valence-corrected chi connectivity index (χ0v) is 15.9. The first-order valence-corrected chi connectivity index (χ1v) is 10.3. The van der Waals surface area contributed by atoms with Crippen LogP contribution in [0.25, 0.3) is 10.9 Å². The van der Waals surface area contributed by atoms with Gasteiger partial charge in [0.2, 0.25) is 5.91 Å². The summed E-state index contributed by atoms with van der Waals surface area (Å²) in [7, 11) is -1.82. The summed E-state index contributed by atoms with van der Waals surface area (Å²) in [6, 6.07) is 14.0. The molecule has 0 bridgehead atoms. The second-order valence-corrected chi connectivity index (χ2v) is 8.32. The van der Waals surface area contributed by atoms with Crippen molar-refractivity contribution >= 4 is 26.6 Å². The highest BCUT2D eigenvalue weighted by atomic mass is 32.2. The Bertz CT molecular complexity index is 1030. The number of ether oxygens (including phenoxy) is 1. The Morgan fingerprint density at radius 2 is 1.93 bits per heavy atom. The summed E-state index contributed by atoms with van der Waals surface area (Å²) in [6.07, 6.45) is 2.50. The van der Waals surface area contributed by atoms with Crippen molar-refractivity contribution < 1.29 is 17.9 Å². The molecule has 2 aromatic carbocycles. The Morgan fingerprint density at radius 1 is 1.15 bits per heavy atom. The Morgan fingerprint density at radius 3 is 2.67 bits per heavy atom. The van der Waals surface area contributed by atoms with E-state index in [1.54, 1.807) is 37.4 Å². The van der Waals surface area contributed by atoms with Crippen molar-refractivity contribution in [2.24, 2.45) is 0 Å². The molecule has 1 heterocycles. The molecule has 7 heteroatoms. The molecular weight excluding hydrogens is 364 g/mol. The maximum atomic E-state index is 12.2. The van der Waals surface area contributed by atoms with E-state index in [-0.39, 0.29) is 23.0 Å². The lowest BCUT2D eigenvalue weighted by Gasteiger charge is -2.06. The maximum Gasteiger partial charge on any atom is 0.221 e. The van der Waals surface area contributed by atoms with Gasteiger partial charge in [-0.05, 0) is 42.3 Å². The number of benzene rings is 2. The fraction of sp³-hybridized carbons (Fsp3) is 0.250. The number of aromatic amines is 1. The SMILES string of the molecule is COc1ccc2[nH]cc(CCNC(=O)CCS(=O)(=O)c3ccccc3)c2c1. The number of hydrogen-bond donors (Lipinski definition) is 2.